The molecule has 1 N–H and O–H groups in total. The standard InChI is InChI=1S/C27H33NO4/c1-5-7-8-17-28-24(20-13-15-22(16-14-20)32-18(3)4)23(26(30)27(28)31)25(29)21-11-9-19(6-2)10-12-21/h9-16,18,24,29H,5-8,17H2,1-4H3/b25-23-. The van der Waals surface area contributed by atoms with E-state index < -0.39 is 17.7 Å². The van der Waals surface area contributed by atoms with E-state index in [1.165, 1.54) is 0 Å². The van der Waals surface area contributed by atoms with Gasteiger partial charge < -0.3 is 14.7 Å². The van der Waals surface area contributed by atoms with Gasteiger partial charge in [-0.3, -0.25) is 9.59 Å². The molecule has 0 aromatic heterocycles. The summed E-state index contributed by atoms with van der Waals surface area (Å²) in [5, 5.41) is 11.1. The zero-order valence-electron chi connectivity index (χ0n) is 19.4. The highest BCUT2D eigenvalue weighted by Crippen LogP contribution is 2.40. The molecule has 1 aliphatic rings. The van der Waals surface area contributed by atoms with E-state index in [2.05, 4.69) is 13.8 Å². The van der Waals surface area contributed by atoms with Crippen molar-refractivity contribution in [1.29, 1.82) is 0 Å². The Hall–Kier alpha value is -3.08. The molecule has 1 saturated heterocycles. The first-order valence-electron chi connectivity index (χ1n) is 11.5. The van der Waals surface area contributed by atoms with Gasteiger partial charge in [0.05, 0.1) is 17.7 Å². The minimum atomic E-state index is -0.633. The Labute approximate surface area is 190 Å². The van der Waals surface area contributed by atoms with Gasteiger partial charge in [-0.05, 0) is 49.9 Å². The molecule has 32 heavy (non-hydrogen) atoms. The number of amides is 1. The topological polar surface area (TPSA) is 66.8 Å². The number of likely N-dealkylation sites (tertiary alicyclic amines) is 1. The number of hydrogen-bond donors (Lipinski definition) is 1. The fourth-order valence-corrected chi connectivity index (χ4v) is 4.04. The first-order valence-corrected chi connectivity index (χ1v) is 11.5. The Morgan fingerprint density at radius 2 is 1.66 bits per heavy atom. The number of unbranched alkanes of at least 4 members (excludes halogenated alkanes) is 2. The summed E-state index contributed by atoms with van der Waals surface area (Å²) in [5.74, 6) is -0.593. The van der Waals surface area contributed by atoms with Gasteiger partial charge in [0.15, 0.2) is 0 Å². The van der Waals surface area contributed by atoms with Crippen molar-refractivity contribution in [2.45, 2.75) is 65.5 Å². The summed E-state index contributed by atoms with van der Waals surface area (Å²) >= 11 is 0. The molecule has 0 radical (unpaired) electrons. The molecule has 1 amide bonds. The lowest BCUT2D eigenvalue weighted by molar-refractivity contribution is -0.139. The number of ether oxygens (including phenoxy) is 1. The minimum absolute atomic E-state index is 0.0478. The molecule has 2 aromatic rings. The van der Waals surface area contributed by atoms with Gasteiger partial charge in [0.1, 0.15) is 11.5 Å². The van der Waals surface area contributed by atoms with Gasteiger partial charge in [0.2, 0.25) is 0 Å². The number of ketones is 1. The monoisotopic (exact) mass is 435 g/mol. The Morgan fingerprint density at radius 1 is 1.00 bits per heavy atom. The van der Waals surface area contributed by atoms with Gasteiger partial charge in [0.25, 0.3) is 11.7 Å². The fraction of sp³-hybridized carbons (Fsp3) is 0.407. The lowest BCUT2D eigenvalue weighted by atomic mass is 9.94. The predicted octanol–water partition coefficient (Wildman–Crippen LogP) is 5.65. The third-order valence-corrected chi connectivity index (χ3v) is 5.75. The number of benzene rings is 2. The maximum atomic E-state index is 13.0. The van der Waals surface area contributed by atoms with Crippen molar-refractivity contribution in [3.63, 3.8) is 0 Å². The van der Waals surface area contributed by atoms with Crippen molar-refractivity contribution in [3.05, 3.63) is 70.8 Å². The van der Waals surface area contributed by atoms with Gasteiger partial charge in [-0.15, -0.1) is 0 Å². The lowest BCUT2D eigenvalue weighted by Crippen LogP contribution is -2.30. The molecule has 1 heterocycles. The van der Waals surface area contributed by atoms with Gasteiger partial charge in [0, 0.05) is 12.1 Å². The highest BCUT2D eigenvalue weighted by atomic mass is 16.5. The van der Waals surface area contributed by atoms with Crippen LogP contribution in [0, 0.1) is 0 Å². The Bertz CT molecular complexity index is 974. The average Bonchev–Trinajstić information content (AvgIpc) is 3.04. The second-order valence-corrected chi connectivity index (χ2v) is 8.49. The van der Waals surface area contributed by atoms with Crippen molar-refractivity contribution in [1.82, 2.24) is 4.90 Å². The zero-order chi connectivity index (χ0) is 23.3. The fourth-order valence-electron chi connectivity index (χ4n) is 4.04. The van der Waals surface area contributed by atoms with E-state index in [1.807, 2.05) is 50.2 Å². The summed E-state index contributed by atoms with van der Waals surface area (Å²) in [7, 11) is 0. The van der Waals surface area contributed by atoms with Crippen LogP contribution < -0.4 is 4.74 Å². The summed E-state index contributed by atoms with van der Waals surface area (Å²) in [6, 6.07) is 14.3. The number of Topliss-reactive ketones (excluding diaryl/α,β-unsaturated/α-hetero) is 1. The second-order valence-electron chi connectivity index (χ2n) is 8.49. The molecule has 0 aliphatic carbocycles. The van der Waals surface area contributed by atoms with Crippen molar-refractivity contribution >= 4 is 17.4 Å². The Morgan fingerprint density at radius 3 is 2.22 bits per heavy atom. The molecular formula is C27H33NO4. The molecule has 5 nitrogen and oxygen atoms in total. The van der Waals surface area contributed by atoms with Crippen molar-refractivity contribution in [2.24, 2.45) is 0 Å². The summed E-state index contributed by atoms with van der Waals surface area (Å²) in [6.07, 6.45) is 3.72. The van der Waals surface area contributed by atoms with Gasteiger partial charge in [-0.1, -0.05) is 63.1 Å². The maximum Gasteiger partial charge on any atom is 0.295 e. The Kier molecular flexibility index (Phi) is 7.73. The molecule has 0 spiro atoms. The quantitative estimate of drug-likeness (QED) is 0.239. The molecule has 3 rings (SSSR count). The molecule has 1 aliphatic heterocycles. The SMILES string of the molecule is CCCCCN1C(=O)C(=O)/C(=C(\O)c2ccc(CC)cc2)C1c1ccc(OC(C)C)cc1. The lowest BCUT2D eigenvalue weighted by Gasteiger charge is -2.25. The first-order chi connectivity index (χ1) is 15.4. The van der Waals surface area contributed by atoms with E-state index in [0.29, 0.717) is 12.1 Å². The molecular weight excluding hydrogens is 402 g/mol. The third kappa shape index (κ3) is 5.04. The molecule has 1 atom stereocenters. The summed E-state index contributed by atoms with van der Waals surface area (Å²) in [4.78, 5) is 27.6. The van der Waals surface area contributed by atoms with Crippen molar-refractivity contribution < 1.29 is 19.4 Å². The average molecular weight is 436 g/mol. The molecule has 170 valence electrons. The summed E-state index contributed by atoms with van der Waals surface area (Å²) in [6.45, 7) is 8.54. The highest BCUT2D eigenvalue weighted by molar-refractivity contribution is 6.46. The van der Waals surface area contributed by atoms with Crippen LogP contribution in [0.5, 0.6) is 5.75 Å². The molecule has 1 unspecified atom stereocenters. The largest absolute Gasteiger partial charge is 0.507 e. The minimum Gasteiger partial charge on any atom is -0.507 e. The second kappa shape index (κ2) is 10.5. The molecule has 0 bridgehead atoms. The van der Waals surface area contributed by atoms with Crippen LogP contribution in [0.15, 0.2) is 54.1 Å². The van der Waals surface area contributed by atoms with Gasteiger partial charge in [-0.2, -0.15) is 0 Å². The summed E-state index contributed by atoms with van der Waals surface area (Å²) < 4.78 is 5.74. The van der Waals surface area contributed by atoms with E-state index in [-0.39, 0.29) is 17.4 Å². The van der Waals surface area contributed by atoms with Gasteiger partial charge >= 0.3 is 0 Å². The number of aliphatic hydroxyl groups excluding tert-OH is 1. The number of carbonyl (C=O) groups is 2. The van der Waals surface area contributed by atoms with Crippen LogP contribution in [0.25, 0.3) is 5.76 Å². The number of nitrogens with zero attached hydrogens (tertiary/aromatic N) is 1. The number of aliphatic hydroxyl groups is 1. The van der Waals surface area contributed by atoms with Crippen LogP contribution in [-0.2, 0) is 16.0 Å². The predicted molar refractivity (Wildman–Crippen MR) is 127 cm³/mol. The molecule has 1 fully saturated rings. The van der Waals surface area contributed by atoms with Crippen LogP contribution >= 0.6 is 0 Å². The van der Waals surface area contributed by atoms with Gasteiger partial charge in [-0.25, -0.2) is 0 Å². The van der Waals surface area contributed by atoms with Crippen LogP contribution in [0.2, 0.25) is 0 Å². The van der Waals surface area contributed by atoms with Crippen LogP contribution in [0.3, 0.4) is 0 Å². The molecule has 5 heteroatoms. The van der Waals surface area contributed by atoms with Crippen molar-refractivity contribution in [3.8, 4) is 5.75 Å². The number of hydrogen-bond acceptors (Lipinski definition) is 4. The normalized spacial score (nSPS) is 17.9. The molecule has 0 saturated carbocycles. The number of aryl methyl sites for hydroxylation is 1. The number of carbonyl (C=O) groups excluding carboxylic acids is 2. The van der Waals surface area contributed by atoms with E-state index in [9.17, 15) is 14.7 Å². The molecule has 2 aromatic carbocycles. The van der Waals surface area contributed by atoms with E-state index in [0.717, 1.165) is 42.6 Å². The van der Waals surface area contributed by atoms with Crippen LogP contribution in [0.1, 0.15) is 69.7 Å². The maximum absolute atomic E-state index is 13.0. The van der Waals surface area contributed by atoms with Crippen LogP contribution in [0.4, 0.5) is 0 Å². The third-order valence-electron chi connectivity index (χ3n) is 5.75. The highest BCUT2D eigenvalue weighted by Gasteiger charge is 2.45. The van der Waals surface area contributed by atoms with Crippen LogP contribution in [-0.4, -0.2) is 34.3 Å². The number of rotatable bonds is 9. The summed E-state index contributed by atoms with van der Waals surface area (Å²) in [5.41, 5.74) is 2.61. The van der Waals surface area contributed by atoms with E-state index >= 15 is 0 Å². The van der Waals surface area contributed by atoms with Crippen molar-refractivity contribution in [2.75, 3.05) is 6.54 Å². The Balaban J connectivity index is 2.05. The first kappa shape index (κ1) is 23.6. The zero-order valence-corrected chi connectivity index (χ0v) is 19.4. The van der Waals surface area contributed by atoms with E-state index in [4.69, 9.17) is 4.74 Å². The van der Waals surface area contributed by atoms with E-state index in [1.54, 1.807) is 17.0 Å². The smallest absolute Gasteiger partial charge is 0.295 e.